The van der Waals surface area contributed by atoms with Crippen molar-refractivity contribution in [1.29, 1.82) is 0 Å². The Morgan fingerprint density at radius 2 is 1.81 bits per heavy atom. The normalized spacial score (nSPS) is 12.8. The molecule has 1 heterocycles. The Morgan fingerprint density at radius 3 is 2.57 bits per heavy atom. The van der Waals surface area contributed by atoms with Crippen molar-refractivity contribution in [2.45, 2.75) is 6.42 Å². The number of ether oxygens (including phenoxy) is 2. The third-order valence-electron chi connectivity index (χ3n) is 3.67. The molecule has 0 bridgehead atoms. The van der Waals surface area contributed by atoms with Gasteiger partial charge in [-0.2, -0.15) is 4.58 Å². The zero-order chi connectivity index (χ0) is 13.9. The van der Waals surface area contributed by atoms with Crippen LogP contribution in [0.1, 0.15) is 11.1 Å². The molecule has 0 aromatic heterocycles. The highest BCUT2D eigenvalue weighted by atomic mass is 79.9. The van der Waals surface area contributed by atoms with Gasteiger partial charge in [-0.3, -0.25) is 0 Å². The van der Waals surface area contributed by atoms with Gasteiger partial charge in [0.05, 0.1) is 25.8 Å². The molecule has 110 valence electrons. The maximum Gasteiger partial charge on any atom is 0.208 e. The zero-order valence-corrected chi connectivity index (χ0v) is 13.8. The van der Waals surface area contributed by atoms with E-state index in [1.807, 2.05) is 24.3 Å². The quantitative estimate of drug-likeness (QED) is 0.730. The van der Waals surface area contributed by atoms with E-state index in [1.54, 1.807) is 14.2 Å². The fraction of sp³-hybridized carbons (Fsp3) is 0.235. The number of rotatable bonds is 3. The first-order chi connectivity index (χ1) is 9.81. The maximum absolute atomic E-state index is 5.46. The summed E-state index contributed by atoms with van der Waals surface area (Å²) in [6, 6.07) is 14.3. The number of benzene rings is 2. The molecule has 21 heavy (non-hydrogen) atoms. The molecule has 0 N–H and O–H groups in total. The molecule has 0 amide bonds. The van der Waals surface area contributed by atoms with Gasteiger partial charge in [-0.15, -0.1) is 0 Å². The first kappa shape index (κ1) is 15.6. The first-order valence-electron chi connectivity index (χ1n) is 6.73. The van der Waals surface area contributed by atoms with Crippen molar-refractivity contribution in [3.05, 3.63) is 53.6 Å². The summed E-state index contributed by atoms with van der Waals surface area (Å²) in [7, 11) is 3.41. The van der Waals surface area contributed by atoms with Crippen molar-refractivity contribution >= 4 is 11.9 Å². The molecule has 0 radical (unpaired) electrons. The van der Waals surface area contributed by atoms with Crippen LogP contribution in [0.4, 0.5) is 5.69 Å². The van der Waals surface area contributed by atoms with Crippen LogP contribution in [0, 0.1) is 0 Å². The first-order valence-corrected chi connectivity index (χ1v) is 6.73. The Hall–Kier alpha value is -1.81. The summed E-state index contributed by atoms with van der Waals surface area (Å²) in [5, 5.41) is 0. The largest absolute Gasteiger partial charge is 1.00 e. The molecule has 0 atom stereocenters. The van der Waals surface area contributed by atoms with E-state index >= 15 is 0 Å². The lowest BCUT2D eigenvalue weighted by atomic mass is 10.0. The molecule has 3 nitrogen and oxygen atoms in total. The van der Waals surface area contributed by atoms with Crippen molar-refractivity contribution < 1.29 is 31.0 Å². The topological polar surface area (TPSA) is 21.5 Å². The SMILES string of the molecule is COc1cccc([N+]2=Cc3c(cccc3OC)CC2)c1.[Br-]. The Morgan fingerprint density at radius 1 is 1.00 bits per heavy atom. The highest BCUT2D eigenvalue weighted by molar-refractivity contribution is 5.83. The molecule has 0 saturated heterocycles. The monoisotopic (exact) mass is 347 g/mol. The summed E-state index contributed by atoms with van der Waals surface area (Å²) in [4.78, 5) is 0. The van der Waals surface area contributed by atoms with Gasteiger partial charge in [0.25, 0.3) is 0 Å². The predicted octanol–water partition coefficient (Wildman–Crippen LogP) is 0.0270. The molecular weight excluding hydrogens is 330 g/mol. The molecule has 1 aliphatic heterocycles. The fourth-order valence-electron chi connectivity index (χ4n) is 2.59. The van der Waals surface area contributed by atoms with E-state index in [2.05, 4.69) is 29.0 Å². The number of hydrogen-bond acceptors (Lipinski definition) is 2. The van der Waals surface area contributed by atoms with Gasteiger partial charge in [0, 0.05) is 12.5 Å². The van der Waals surface area contributed by atoms with Crippen LogP contribution >= 0.6 is 0 Å². The van der Waals surface area contributed by atoms with Crippen LogP contribution in [0.15, 0.2) is 42.5 Å². The molecule has 2 aromatic rings. The summed E-state index contributed by atoms with van der Waals surface area (Å²) >= 11 is 0. The molecule has 0 unspecified atom stereocenters. The lowest BCUT2D eigenvalue weighted by molar-refractivity contribution is -0.436. The molecule has 1 aliphatic rings. The van der Waals surface area contributed by atoms with Crippen LogP contribution in [-0.4, -0.2) is 31.6 Å². The lowest BCUT2D eigenvalue weighted by Crippen LogP contribution is -3.00. The van der Waals surface area contributed by atoms with E-state index < -0.39 is 0 Å². The molecule has 3 rings (SSSR count). The standard InChI is InChI=1S/C17H18NO2.BrH/c1-19-15-7-4-6-14(11-15)18-10-9-13-5-3-8-17(20-2)16(13)12-18;/h3-8,11-12H,9-10H2,1-2H3;1H/q+1;/p-1. The van der Waals surface area contributed by atoms with Gasteiger partial charge in [0.1, 0.15) is 11.5 Å². The number of hydrogen-bond donors (Lipinski definition) is 0. The van der Waals surface area contributed by atoms with Crippen LogP contribution in [0.25, 0.3) is 0 Å². The summed E-state index contributed by atoms with van der Waals surface area (Å²) in [5.41, 5.74) is 3.65. The Balaban J connectivity index is 0.00000161. The van der Waals surface area contributed by atoms with E-state index in [1.165, 1.54) is 11.1 Å². The van der Waals surface area contributed by atoms with Gasteiger partial charge in [-0.1, -0.05) is 18.2 Å². The van der Waals surface area contributed by atoms with Crippen LogP contribution in [-0.2, 0) is 6.42 Å². The average molecular weight is 348 g/mol. The number of halogens is 1. The minimum absolute atomic E-state index is 0. The highest BCUT2D eigenvalue weighted by Gasteiger charge is 2.21. The predicted molar refractivity (Wildman–Crippen MR) is 79.6 cm³/mol. The van der Waals surface area contributed by atoms with Gasteiger partial charge in [-0.05, 0) is 17.7 Å². The Labute approximate surface area is 135 Å². The van der Waals surface area contributed by atoms with Crippen molar-refractivity contribution in [3.8, 4) is 11.5 Å². The van der Waals surface area contributed by atoms with Gasteiger partial charge in [-0.25, -0.2) is 0 Å². The molecule has 2 aromatic carbocycles. The Kier molecular flexibility index (Phi) is 5.02. The molecule has 4 heteroatoms. The third kappa shape index (κ3) is 3.10. The minimum atomic E-state index is 0. The van der Waals surface area contributed by atoms with Crippen molar-refractivity contribution in [1.82, 2.24) is 0 Å². The number of nitrogens with zero attached hydrogens (tertiary/aromatic N) is 1. The summed E-state index contributed by atoms with van der Waals surface area (Å²) < 4.78 is 13.0. The second kappa shape index (κ2) is 6.76. The van der Waals surface area contributed by atoms with E-state index in [4.69, 9.17) is 9.47 Å². The second-order valence-corrected chi connectivity index (χ2v) is 4.81. The average Bonchev–Trinajstić information content (AvgIpc) is 2.53. The highest BCUT2D eigenvalue weighted by Crippen LogP contribution is 2.26. The minimum Gasteiger partial charge on any atom is -1.00 e. The van der Waals surface area contributed by atoms with Crippen molar-refractivity contribution in [2.75, 3.05) is 20.8 Å². The van der Waals surface area contributed by atoms with Gasteiger partial charge in [0.2, 0.25) is 5.69 Å². The molecule has 0 saturated carbocycles. The molecule has 0 fully saturated rings. The zero-order valence-electron chi connectivity index (χ0n) is 12.2. The van der Waals surface area contributed by atoms with Crippen molar-refractivity contribution in [3.63, 3.8) is 0 Å². The number of fused-ring (bicyclic) bond motifs is 1. The number of methoxy groups -OCH3 is 2. The van der Waals surface area contributed by atoms with Gasteiger partial charge >= 0.3 is 0 Å². The van der Waals surface area contributed by atoms with Crippen molar-refractivity contribution in [2.24, 2.45) is 0 Å². The van der Waals surface area contributed by atoms with Crippen LogP contribution < -0.4 is 26.5 Å². The van der Waals surface area contributed by atoms with Crippen LogP contribution in [0.5, 0.6) is 11.5 Å². The van der Waals surface area contributed by atoms with Gasteiger partial charge < -0.3 is 26.5 Å². The summed E-state index contributed by atoms with van der Waals surface area (Å²) in [6.07, 6.45) is 3.17. The maximum atomic E-state index is 5.46. The van der Waals surface area contributed by atoms with E-state index in [0.717, 1.165) is 30.2 Å². The lowest BCUT2D eigenvalue weighted by Gasteiger charge is -2.14. The van der Waals surface area contributed by atoms with E-state index in [9.17, 15) is 0 Å². The second-order valence-electron chi connectivity index (χ2n) is 4.81. The summed E-state index contributed by atoms with van der Waals surface area (Å²) in [5.74, 6) is 1.80. The smallest absolute Gasteiger partial charge is 0.208 e. The molecule has 0 aliphatic carbocycles. The molecular formula is C17H18BrNO2. The molecule has 0 spiro atoms. The van der Waals surface area contributed by atoms with E-state index in [-0.39, 0.29) is 17.0 Å². The Bertz CT molecular complexity index is 668. The fourth-order valence-corrected chi connectivity index (χ4v) is 2.59. The van der Waals surface area contributed by atoms with E-state index in [0.29, 0.717) is 0 Å². The third-order valence-corrected chi connectivity index (χ3v) is 3.67. The van der Waals surface area contributed by atoms with Crippen LogP contribution in [0.3, 0.4) is 0 Å². The summed E-state index contributed by atoms with van der Waals surface area (Å²) in [6.45, 7) is 0.966. The van der Waals surface area contributed by atoms with Crippen LogP contribution in [0.2, 0.25) is 0 Å². The van der Waals surface area contributed by atoms with Gasteiger partial charge in [0.15, 0.2) is 12.8 Å².